The van der Waals surface area contributed by atoms with Crippen LogP contribution in [0.3, 0.4) is 0 Å². The second-order valence-electron chi connectivity index (χ2n) is 6.69. The molecule has 34 heavy (non-hydrogen) atoms. The first-order valence-corrected chi connectivity index (χ1v) is 8.10. The Labute approximate surface area is 178 Å². The highest BCUT2D eigenvalue weighted by Gasteiger charge is 2.93. The van der Waals surface area contributed by atoms with Crippen LogP contribution in [0, 0.1) is 0 Å². The Morgan fingerprint density at radius 1 is 0.765 bits per heavy atom. The van der Waals surface area contributed by atoms with Gasteiger partial charge in [-0.3, -0.25) is 0 Å². The minimum absolute atomic E-state index is 0.660. The molecule has 0 amide bonds. The first-order chi connectivity index (χ1) is 14.7. The van der Waals surface area contributed by atoms with Crippen LogP contribution in [0.25, 0.3) is 0 Å². The summed E-state index contributed by atoms with van der Waals surface area (Å²) in [6.45, 7) is 1.79. The van der Waals surface area contributed by atoms with E-state index in [0.29, 0.717) is 0 Å². The fourth-order valence-electron chi connectivity index (χ4n) is 1.98. The van der Waals surface area contributed by atoms with E-state index >= 15 is 0 Å². The van der Waals surface area contributed by atoms with Crippen LogP contribution in [0.1, 0.15) is 13.3 Å². The van der Waals surface area contributed by atoms with Crippen molar-refractivity contribution in [2.75, 3.05) is 6.61 Å². The predicted octanol–water partition coefficient (Wildman–Crippen LogP) is 5.57. The molecule has 0 saturated heterocycles. The van der Waals surface area contributed by atoms with E-state index in [1.165, 1.54) is 0 Å². The van der Waals surface area contributed by atoms with E-state index < -0.39 is 78.6 Å². The Balaban J connectivity index is 6.49. The lowest BCUT2D eigenvalue weighted by Gasteiger charge is -2.42. The highest BCUT2D eigenvalue weighted by molar-refractivity contribution is 5.87. The minimum atomic E-state index is -8.52. The number of aliphatic hydroxyl groups is 1. The Morgan fingerprint density at radius 2 is 1.12 bits per heavy atom. The van der Waals surface area contributed by atoms with Gasteiger partial charge in [0.05, 0.1) is 13.0 Å². The topological polar surface area (TPSA) is 46.5 Å². The summed E-state index contributed by atoms with van der Waals surface area (Å²) >= 11 is 0. The van der Waals surface area contributed by atoms with Crippen LogP contribution < -0.4 is 0 Å². The van der Waals surface area contributed by atoms with Crippen molar-refractivity contribution >= 4 is 5.97 Å². The molecule has 0 radical (unpaired) electrons. The van der Waals surface area contributed by atoms with Gasteiger partial charge < -0.3 is 9.84 Å². The van der Waals surface area contributed by atoms with Gasteiger partial charge in [-0.25, -0.2) is 13.6 Å². The average molecular weight is 544 g/mol. The number of rotatable bonds is 12. The molecule has 0 saturated carbocycles. The van der Waals surface area contributed by atoms with Crippen LogP contribution in [0.15, 0.2) is 12.2 Å². The summed E-state index contributed by atoms with van der Waals surface area (Å²) in [5, 5.41) is 8.73. The SMILES string of the molecule is C=C(C)C(=O)OC(CO)CC(F)(F)C(F)(F)C(F)(F)C(F)(F)C(F)(F)C(F)(F)C(F)(F)C(F)F. The number of aliphatic hydroxyl groups excluding tert-OH is 1. The molecule has 0 rings (SSSR count). The molecule has 0 spiro atoms. The third kappa shape index (κ3) is 4.75. The third-order valence-electron chi connectivity index (χ3n) is 4.04. The lowest BCUT2D eigenvalue weighted by atomic mass is 9.88. The molecule has 0 fully saturated rings. The molecule has 1 atom stereocenters. The lowest BCUT2D eigenvalue weighted by molar-refractivity contribution is -0.447. The number of hydrogen-bond donors (Lipinski definition) is 1. The van der Waals surface area contributed by atoms with Crippen molar-refractivity contribution in [3.8, 4) is 0 Å². The molecule has 0 heterocycles. The number of halogens is 16. The summed E-state index contributed by atoms with van der Waals surface area (Å²) in [6.07, 6.45) is -11.9. The van der Waals surface area contributed by atoms with Gasteiger partial charge in [-0.15, -0.1) is 0 Å². The second kappa shape index (κ2) is 9.25. The number of carbonyl (C=O) groups is 1. The Morgan fingerprint density at radius 3 is 1.44 bits per heavy atom. The molecule has 202 valence electrons. The number of carbonyl (C=O) groups excluding carboxylic acids is 1. The molecule has 0 aliphatic carbocycles. The van der Waals surface area contributed by atoms with Crippen LogP contribution in [0.2, 0.25) is 0 Å². The second-order valence-corrected chi connectivity index (χ2v) is 6.69. The van der Waals surface area contributed by atoms with Crippen molar-refractivity contribution < 1.29 is 84.9 Å². The number of ether oxygens (including phenoxy) is 1. The van der Waals surface area contributed by atoms with Gasteiger partial charge in [0.1, 0.15) is 6.10 Å². The molecule has 19 heteroatoms. The number of hydrogen-bond acceptors (Lipinski definition) is 3. The third-order valence-corrected chi connectivity index (χ3v) is 4.04. The summed E-state index contributed by atoms with van der Waals surface area (Å²) in [5.74, 6) is -57.2. The molecule has 0 aliphatic rings. The van der Waals surface area contributed by atoms with Gasteiger partial charge >= 0.3 is 53.9 Å². The van der Waals surface area contributed by atoms with Crippen molar-refractivity contribution in [3.05, 3.63) is 12.2 Å². The van der Waals surface area contributed by atoms with E-state index in [0.717, 1.165) is 6.92 Å². The summed E-state index contributed by atoms with van der Waals surface area (Å²) in [5.41, 5.74) is -0.660. The summed E-state index contributed by atoms with van der Waals surface area (Å²) in [7, 11) is 0. The zero-order chi connectivity index (χ0) is 27.9. The van der Waals surface area contributed by atoms with Crippen LogP contribution in [-0.4, -0.2) is 71.7 Å². The van der Waals surface area contributed by atoms with E-state index in [4.69, 9.17) is 5.11 Å². The molecule has 1 unspecified atom stereocenters. The first-order valence-electron chi connectivity index (χ1n) is 8.10. The normalized spacial score (nSPS) is 16.0. The summed E-state index contributed by atoms with van der Waals surface area (Å²) in [4.78, 5) is 11.1. The van der Waals surface area contributed by atoms with Gasteiger partial charge in [-0.05, 0) is 6.92 Å². The van der Waals surface area contributed by atoms with E-state index in [1.54, 1.807) is 0 Å². The molecular formula is C15H12F16O3. The van der Waals surface area contributed by atoms with Crippen molar-refractivity contribution in [3.63, 3.8) is 0 Å². The minimum Gasteiger partial charge on any atom is -0.456 e. The average Bonchev–Trinajstić information content (AvgIpc) is 2.65. The van der Waals surface area contributed by atoms with Crippen LogP contribution >= 0.6 is 0 Å². The standard InChI is InChI=1S/C15H12F16O3/c1-5(2)7(33)34-6(4-32)3-9(18,19)11(22,23)13(26,27)15(30,31)14(28,29)12(24,25)10(20,21)8(16)17/h6,8,32H,1,3-4H2,2H3. The zero-order valence-electron chi connectivity index (χ0n) is 16.1. The quantitative estimate of drug-likeness (QED) is 0.199. The van der Waals surface area contributed by atoms with E-state index in [1.807, 2.05) is 0 Å². The highest BCUT2D eigenvalue weighted by Crippen LogP contribution is 2.63. The first kappa shape index (κ1) is 32.0. The molecule has 3 nitrogen and oxygen atoms in total. The fraction of sp³-hybridized carbons (Fsp3) is 0.800. The van der Waals surface area contributed by atoms with Gasteiger partial charge in [-0.2, -0.15) is 61.5 Å². The molecule has 0 aromatic carbocycles. The highest BCUT2D eigenvalue weighted by atomic mass is 19.4. The van der Waals surface area contributed by atoms with Gasteiger partial charge in [0.15, 0.2) is 0 Å². The van der Waals surface area contributed by atoms with E-state index in [2.05, 4.69) is 11.3 Å². The van der Waals surface area contributed by atoms with E-state index in [-0.39, 0.29) is 0 Å². The maximum atomic E-state index is 13.8. The molecule has 1 N–H and O–H groups in total. The molecule has 0 aromatic rings. The van der Waals surface area contributed by atoms with Crippen LogP contribution in [0.4, 0.5) is 70.2 Å². The maximum Gasteiger partial charge on any atom is 0.384 e. The number of alkyl halides is 16. The summed E-state index contributed by atoms with van der Waals surface area (Å²) in [6, 6.07) is 0. The van der Waals surface area contributed by atoms with Gasteiger partial charge in [-0.1, -0.05) is 6.58 Å². The predicted molar refractivity (Wildman–Crippen MR) is 77.0 cm³/mol. The van der Waals surface area contributed by atoms with Gasteiger partial charge in [0.25, 0.3) is 0 Å². The van der Waals surface area contributed by atoms with Gasteiger partial charge in [0, 0.05) is 5.57 Å². The Hall–Kier alpha value is -1.95. The van der Waals surface area contributed by atoms with Crippen molar-refractivity contribution in [2.24, 2.45) is 0 Å². The van der Waals surface area contributed by atoms with Crippen molar-refractivity contribution in [2.45, 2.75) is 67.3 Å². The van der Waals surface area contributed by atoms with Gasteiger partial charge in [0.2, 0.25) is 0 Å². The molecule has 0 bridgehead atoms. The van der Waals surface area contributed by atoms with Crippen LogP contribution in [0.5, 0.6) is 0 Å². The summed E-state index contributed by atoms with van der Waals surface area (Å²) < 4.78 is 215. The Kier molecular flexibility index (Phi) is 8.72. The lowest BCUT2D eigenvalue weighted by Crippen LogP contribution is -2.73. The van der Waals surface area contributed by atoms with Crippen LogP contribution in [-0.2, 0) is 9.53 Å². The molecule has 0 aliphatic heterocycles. The van der Waals surface area contributed by atoms with E-state index in [9.17, 15) is 75.0 Å². The molecule has 0 aromatic heterocycles. The molecular weight excluding hydrogens is 532 g/mol. The largest absolute Gasteiger partial charge is 0.456 e. The fourth-order valence-corrected chi connectivity index (χ4v) is 1.98. The Bertz CT molecular complexity index is 761. The van der Waals surface area contributed by atoms with Crippen molar-refractivity contribution in [1.29, 1.82) is 0 Å². The maximum absolute atomic E-state index is 13.8. The number of esters is 1. The zero-order valence-corrected chi connectivity index (χ0v) is 16.1. The van der Waals surface area contributed by atoms with Crippen molar-refractivity contribution in [1.82, 2.24) is 0 Å². The smallest absolute Gasteiger partial charge is 0.384 e. The monoisotopic (exact) mass is 544 g/mol.